The molecule has 6 nitrogen and oxygen atoms in total. The van der Waals surface area contributed by atoms with Crippen LogP contribution in [0.4, 0.5) is 0 Å². The van der Waals surface area contributed by atoms with E-state index in [1.54, 1.807) is 43.5 Å². The second-order valence-corrected chi connectivity index (χ2v) is 6.57. The highest BCUT2D eigenvalue weighted by Gasteiger charge is 1.99. The number of hydrogen-bond acceptors (Lipinski definition) is 4. The summed E-state index contributed by atoms with van der Waals surface area (Å²) in [4.78, 5) is 30.1. The molecule has 0 spiro atoms. The largest absolute Gasteiger partial charge is 0.497 e. The summed E-state index contributed by atoms with van der Waals surface area (Å²) >= 11 is 0. The first-order chi connectivity index (χ1) is 14.1. The van der Waals surface area contributed by atoms with Gasteiger partial charge in [0.2, 0.25) is 0 Å². The monoisotopic (exact) mass is 392 g/mol. The Morgan fingerprint density at radius 3 is 1.72 bits per heavy atom. The zero-order valence-corrected chi connectivity index (χ0v) is 16.5. The molecule has 1 aromatic heterocycles. The van der Waals surface area contributed by atoms with Gasteiger partial charge in [-0.1, -0.05) is 37.6 Å². The fourth-order valence-electron chi connectivity index (χ4n) is 2.72. The van der Waals surface area contributed by atoms with Crippen molar-refractivity contribution >= 4 is 12.2 Å². The van der Waals surface area contributed by atoms with Crippen LogP contribution in [0.15, 0.2) is 58.1 Å². The Morgan fingerprint density at radius 1 is 0.793 bits per heavy atom. The first kappa shape index (κ1) is 20.2. The number of benzene rings is 2. The summed E-state index contributed by atoms with van der Waals surface area (Å²) in [6.45, 7) is 2.79. The molecule has 3 rings (SSSR count). The van der Waals surface area contributed by atoms with Crippen molar-refractivity contribution in [3.63, 3.8) is 0 Å². The molecular formula is C23H24N2O4. The highest BCUT2D eigenvalue weighted by atomic mass is 16.5. The van der Waals surface area contributed by atoms with Crippen LogP contribution >= 0.6 is 0 Å². The minimum Gasteiger partial charge on any atom is -0.497 e. The molecule has 150 valence electrons. The zero-order valence-electron chi connectivity index (χ0n) is 16.5. The molecule has 6 heteroatoms. The highest BCUT2D eigenvalue weighted by Crippen LogP contribution is 2.13. The molecule has 0 amide bonds. The van der Waals surface area contributed by atoms with Gasteiger partial charge >= 0.3 is 0 Å². The SMILES string of the molecule is CCCCOc1ccc(/C=c2\[nH]c(=O)/c(=C/c3ccc(OC)cc3)[nH]c2=O)cc1. The molecule has 0 atom stereocenters. The summed E-state index contributed by atoms with van der Waals surface area (Å²) in [7, 11) is 1.59. The van der Waals surface area contributed by atoms with E-state index in [9.17, 15) is 9.59 Å². The maximum absolute atomic E-state index is 12.4. The second-order valence-electron chi connectivity index (χ2n) is 6.57. The van der Waals surface area contributed by atoms with Gasteiger partial charge in [0.25, 0.3) is 11.1 Å². The van der Waals surface area contributed by atoms with E-state index in [4.69, 9.17) is 9.47 Å². The molecule has 0 radical (unpaired) electrons. The van der Waals surface area contributed by atoms with Gasteiger partial charge in [-0.2, -0.15) is 0 Å². The summed E-state index contributed by atoms with van der Waals surface area (Å²) in [6, 6.07) is 14.6. The van der Waals surface area contributed by atoms with Crippen LogP contribution in [0.5, 0.6) is 11.5 Å². The Labute approximate surface area is 168 Å². The Hall–Kier alpha value is -3.54. The fourth-order valence-corrected chi connectivity index (χ4v) is 2.72. The molecule has 0 fully saturated rings. The van der Waals surface area contributed by atoms with Crippen molar-refractivity contribution in [2.45, 2.75) is 19.8 Å². The second kappa shape index (κ2) is 9.59. The van der Waals surface area contributed by atoms with Crippen molar-refractivity contribution in [2.75, 3.05) is 13.7 Å². The molecule has 3 aromatic rings. The quantitative estimate of drug-likeness (QED) is 0.602. The van der Waals surface area contributed by atoms with Crippen LogP contribution in [0.2, 0.25) is 0 Å². The van der Waals surface area contributed by atoms with Gasteiger partial charge in [0.1, 0.15) is 22.2 Å². The van der Waals surface area contributed by atoms with Crippen molar-refractivity contribution in [3.8, 4) is 11.5 Å². The first-order valence-electron chi connectivity index (χ1n) is 9.52. The number of rotatable bonds is 7. The molecule has 0 aliphatic rings. The normalized spacial score (nSPS) is 12.2. The van der Waals surface area contributed by atoms with Gasteiger partial charge in [0, 0.05) is 0 Å². The molecule has 0 saturated heterocycles. The third kappa shape index (κ3) is 5.48. The Morgan fingerprint density at radius 2 is 1.28 bits per heavy atom. The Kier molecular flexibility index (Phi) is 6.68. The summed E-state index contributed by atoms with van der Waals surface area (Å²) in [5.41, 5.74) is 0.835. The molecule has 2 N–H and O–H groups in total. The van der Waals surface area contributed by atoms with E-state index in [1.165, 1.54) is 0 Å². The molecule has 1 heterocycles. The van der Waals surface area contributed by atoms with Crippen molar-refractivity contribution in [3.05, 3.63) is 91.1 Å². The van der Waals surface area contributed by atoms with Crippen molar-refractivity contribution in [2.24, 2.45) is 0 Å². The number of methoxy groups -OCH3 is 1. The smallest absolute Gasteiger partial charge is 0.272 e. The lowest BCUT2D eigenvalue weighted by Crippen LogP contribution is -2.46. The predicted molar refractivity (Wildman–Crippen MR) is 114 cm³/mol. The van der Waals surface area contributed by atoms with Gasteiger partial charge in [0.15, 0.2) is 0 Å². The van der Waals surface area contributed by atoms with E-state index in [1.807, 2.05) is 24.3 Å². The van der Waals surface area contributed by atoms with Crippen LogP contribution in [-0.4, -0.2) is 23.7 Å². The van der Waals surface area contributed by atoms with Crippen LogP contribution in [0.25, 0.3) is 12.2 Å². The Balaban J connectivity index is 1.87. The number of nitrogens with one attached hydrogen (secondary N) is 2. The molecule has 0 aliphatic heterocycles. The summed E-state index contributed by atoms with van der Waals surface area (Å²) in [5, 5.41) is 0.388. The lowest BCUT2D eigenvalue weighted by Gasteiger charge is -2.04. The van der Waals surface area contributed by atoms with E-state index >= 15 is 0 Å². The number of hydrogen-bond donors (Lipinski definition) is 2. The number of H-pyrrole nitrogens is 2. The summed E-state index contributed by atoms with van der Waals surface area (Å²) in [5.74, 6) is 1.50. The third-order valence-corrected chi connectivity index (χ3v) is 4.37. The molecule has 0 bridgehead atoms. The van der Waals surface area contributed by atoms with E-state index in [0.29, 0.717) is 6.61 Å². The average molecular weight is 392 g/mol. The van der Waals surface area contributed by atoms with Gasteiger partial charge in [-0.25, -0.2) is 0 Å². The molecule has 0 saturated carbocycles. The number of aromatic nitrogens is 2. The van der Waals surface area contributed by atoms with Crippen LogP contribution in [0.3, 0.4) is 0 Å². The molecule has 29 heavy (non-hydrogen) atoms. The maximum Gasteiger partial charge on any atom is 0.272 e. The van der Waals surface area contributed by atoms with Gasteiger partial charge in [-0.3, -0.25) is 9.59 Å². The van der Waals surface area contributed by atoms with Crippen molar-refractivity contribution < 1.29 is 9.47 Å². The highest BCUT2D eigenvalue weighted by molar-refractivity contribution is 5.51. The Bertz CT molecular complexity index is 1170. The van der Waals surface area contributed by atoms with Gasteiger partial charge in [-0.15, -0.1) is 0 Å². The maximum atomic E-state index is 12.4. The van der Waals surface area contributed by atoms with E-state index in [0.717, 1.165) is 35.5 Å². The predicted octanol–water partition coefficient (Wildman–Crippen LogP) is 1.91. The van der Waals surface area contributed by atoms with Gasteiger partial charge < -0.3 is 19.4 Å². The summed E-state index contributed by atoms with van der Waals surface area (Å²) in [6.07, 6.45) is 5.33. The van der Waals surface area contributed by atoms with Crippen LogP contribution in [-0.2, 0) is 0 Å². The van der Waals surface area contributed by atoms with E-state index < -0.39 is 0 Å². The fraction of sp³-hybridized carbons (Fsp3) is 0.217. The molecule has 0 unspecified atom stereocenters. The minimum atomic E-state index is -0.369. The standard InChI is InChI=1S/C23H24N2O4/c1-3-4-13-29-19-11-7-17(8-12-19)15-21-23(27)24-20(22(26)25-21)14-16-5-9-18(28-2)10-6-16/h5-12,14-15H,3-4,13H2,1-2H3,(H,24,27)(H,25,26)/b20-14-,21-15-. The molecule has 0 aliphatic carbocycles. The van der Waals surface area contributed by atoms with Gasteiger partial charge in [0.05, 0.1) is 13.7 Å². The van der Waals surface area contributed by atoms with Crippen LogP contribution < -0.4 is 31.3 Å². The minimum absolute atomic E-state index is 0.192. The third-order valence-electron chi connectivity index (χ3n) is 4.37. The topological polar surface area (TPSA) is 84.2 Å². The first-order valence-corrected chi connectivity index (χ1v) is 9.52. The van der Waals surface area contributed by atoms with Crippen LogP contribution in [0, 0.1) is 0 Å². The van der Waals surface area contributed by atoms with E-state index in [-0.39, 0.29) is 21.8 Å². The number of unbranched alkanes of at least 4 members (excludes halogenated alkanes) is 1. The van der Waals surface area contributed by atoms with E-state index in [2.05, 4.69) is 16.9 Å². The van der Waals surface area contributed by atoms with Gasteiger partial charge in [-0.05, 0) is 54.0 Å². The number of aromatic amines is 2. The summed E-state index contributed by atoms with van der Waals surface area (Å²) < 4.78 is 10.7. The van der Waals surface area contributed by atoms with Crippen LogP contribution in [0.1, 0.15) is 30.9 Å². The lowest BCUT2D eigenvalue weighted by molar-refractivity contribution is 0.309. The number of ether oxygens (including phenoxy) is 2. The lowest BCUT2D eigenvalue weighted by atomic mass is 10.2. The van der Waals surface area contributed by atoms with Crippen molar-refractivity contribution in [1.29, 1.82) is 0 Å². The average Bonchev–Trinajstić information content (AvgIpc) is 2.73. The zero-order chi connectivity index (χ0) is 20.6. The van der Waals surface area contributed by atoms with Crippen molar-refractivity contribution in [1.82, 2.24) is 9.97 Å². The molecular weight excluding hydrogens is 368 g/mol. The molecule has 2 aromatic carbocycles.